The van der Waals surface area contributed by atoms with Crippen LogP contribution in [0.1, 0.15) is 24.8 Å². The summed E-state index contributed by atoms with van der Waals surface area (Å²) in [6.07, 6.45) is 11.4. The number of rotatable bonds is 1. The molecule has 1 heterocycles. The molecule has 5 heteroatoms. The van der Waals surface area contributed by atoms with Crippen LogP contribution in [0.15, 0.2) is 58.8 Å². The lowest BCUT2D eigenvalue weighted by molar-refractivity contribution is 0.264. The molecule has 0 radical (unpaired) electrons. The lowest BCUT2D eigenvalue weighted by Gasteiger charge is -2.32. The van der Waals surface area contributed by atoms with E-state index in [-0.39, 0.29) is 10.4 Å². The fourth-order valence-electron chi connectivity index (χ4n) is 3.39. The fourth-order valence-corrected chi connectivity index (χ4v) is 4.82. The lowest BCUT2D eigenvalue weighted by atomic mass is 10.1. The van der Waals surface area contributed by atoms with Crippen molar-refractivity contribution in [3.63, 3.8) is 0 Å². The van der Waals surface area contributed by atoms with Crippen molar-refractivity contribution in [1.82, 2.24) is 5.01 Å². The molecule has 0 bridgehead atoms. The van der Waals surface area contributed by atoms with Gasteiger partial charge in [0.1, 0.15) is 21.5 Å². The van der Waals surface area contributed by atoms with Gasteiger partial charge in [0.05, 0.1) is 0 Å². The minimum absolute atomic E-state index is 0.237. The smallest absolute Gasteiger partial charge is 0.134 e. The summed E-state index contributed by atoms with van der Waals surface area (Å²) in [4.78, 5) is -0.311. The normalized spacial score (nSPS) is 26.0. The van der Waals surface area contributed by atoms with E-state index in [1.54, 1.807) is 0 Å². The van der Waals surface area contributed by atoms with Crippen molar-refractivity contribution >= 4 is 16.8 Å². The van der Waals surface area contributed by atoms with Crippen molar-refractivity contribution in [2.75, 3.05) is 7.05 Å². The van der Waals surface area contributed by atoms with Crippen molar-refractivity contribution in [3.8, 4) is 0 Å². The molecule has 0 aromatic heterocycles. The number of halogens is 2. The Bertz CT molecular complexity index is 794. The molecular formula is C18H16F2N2S. The van der Waals surface area contributed by atoms with Crippen LogP contribution in [0.2, 0.25) is 0 Å². The molecule has 1 aromatic carbocycles. The molecule has 0 N–H and O–H groups in total. The van der Waals surface area contributed by atoms with E-state index in [1.165, 1.54) is 29.0 Å². The first-order valence-corrected chi connectivity index (χ1v) is 8.45. The van der Waals surface area contributed by atoms with E-state index in [0.717, 1.165) is 31.4 Å². The molecule has 3 aliphatic rings. The maximum absolute atomic E-state index is 14.1. The summed E-state index contributed by atoms with van der Waals surface area (Å²) < 4.78 is 27.6. The quantitative estimate of drug-likeness (QED) is 0.747. The van der Waals surface area contributed by atoms with Crippen molar-refractivity contribution in [2.45, 2.75) is 24.1 Å². The highest BCUT2D eigenvalue weighted by Gasteiger charge is 2.48. The minimum atomic E-state index is -0.447. The maximum atomic E-state index is 14.1. The van der Waals surface area contributed by atoms with Crippen molar-refractivity contribution < 1.29 is 8.78 Å². The summed E-state index contributed by atoms with van der Waals surface area (Å²) in [5.41, 5.74) is 2.78. The van der Waals surface area contributed by atoms with Crippen LogP contribution < -0.4 is 0 Å². The monoisotopic (exact) mass is 330 g/mol. The molecule has 2 nitrogen and oxygen atoms in total. The van der Waals surface area contributed by atoms with Gasteiger partial charge in [-0.15, -0.1) is 0 Å². The van der Waals surface area contributed by atoms with Crippen LogP contribution in [0, 0.1) is 11.6 Å². The molecule has 1 atom stereocenters. The van der Waals surface area contributed by atoms with E-state index in [4.69, 9.17) is 0 Å². The zero-order valence-electron chi connectivity index (χ0n) is 12.7. The molecule has 23 heavy (non-hydrogen) atoms. The Morgan fingerprint density at radius 3 is 2.91 bits per heavy atom. The molecule has 1 spiro atoms. The maximum Gasteiger partial charge on any atom is 0.134 e. The van der Waals surface area contributed by atoms with Crippen LogP contribution in [0.25, 0.3) is 0 Å². The predicted octanol–water partition coefficient (Wildman–Crippen LogP) is 4.61. The highest BCUT2D eigenvalue weighted by Crippen LogP contribution is 2.53. The van der Waals surface area contributed by atoms with E-state index in [1.807, 2.05) is 12.1 Å². The molecule has 4 rings (SSSR count). The standard InChI is InChI=1S/C18H16F2N2S/c1-22-18(10-9-12-5-3-2-4-6-15(12)18)23-17(21-22)14-11-13(19)7-8-16(14)20/h3-8,11H,2,9-10H2,1H3. The first kappa shape index (κ1) is 14.7. The minimum Gasteiger partial charge on any atom is -0.278 e. The second-order valence-electron chi connectivity index (χ2n) is 5.92. The number of allylic oxidation sites excluding steroid dienone is 4. The van der Waals surface area contributed by atoms with Gasteiger partial charge in [0.2, 0.25) is 0 Å². The average Bonchev–Trinajstić information content (AvgIpc) is 2.93. The molecule has 2 aliphatic carbocycles. The number of hydrazone groups is 1. The summed E-state index contributed by atoms with van der Waals surface area (Å²) in [7, 11) is 1.91. The molecule has 0 saturated heterocycles. The third-order valence-corrected chi connectivity index (χ3v) is 6.08. The number of thioether (sulfide) groups is 1. The van der Waals surface area contributed by atoms with Gasteiger partial charge in [-0.3, -0.25) is 5.01 Å². The second-order valence-corrected chi connectivity index (χ2v) is 7.18. The van der Waals surface area contributed by atoms with E-state index >= 15 is 0 Å². The first-order chi connectivity index (χ1) is 11.1. The van der Waals surface area contributed by atoms with Gasteiger partial charge in [-0.2, -0.15) is 5.10 Å². The molecule has 118 valence electrons. The van der Waals surface area contributed by atoms with E-state index in [9.17, 15) is 8.78 Å². The molecular weight excluding hydrogens is 314 g/mol. The van der Waals surface area contributed by atoms with Crippen LogP contribution in [-0.2, 0) is 0 Å². The Kier molecular flexibility index (Phi) is 3.41. The van der Waals surface area contributed by atoms with E-state index < -0.39 is 11.6 Å². The summed E-state index contributed by atoms with van der Waals surface area (Å²) in [5.74, 6) is -0.886. The third kappa shape index (κ3) is 2.26. The van der Waals surface area contributed by atoms with Gasteiger partial charge >= 0.3 is 0 Å². The number of hydrogen-bond acceptors (Lipinski definition) is 3. The number of likely N-dealkylation sites (N-methyl/N-ethyl adjacent to an activating group) is 1. The molecule has 1 aliphatic heterocycles. The SMILES string of the molecule is CN1N=C(c2cc(F)ccc2F)SC12CCC1=C2C=CCC=C1. The van der Waals surface area contributed by atoms with Crippen molar-refractivity contribution in [2.24, 2.45) is 5.10 Å². The van der Waals surface area contributed by atoms with Crippen LogP contribution in [0.4, 0.5) is 8.78 Å². The zero-order valence-corrected chi connectivity index (χ0v) is 13.5. The van der Waals surface area contributed by atoms with Gasteiger partial charge in [0.25, 0.3) is 0 Å². The van der Waals surface area contributed by atoms with Gasteiger partial charge in [0.15, 0.2) is 0 Å². The number of fused-ring (bicyclic) bond motifs is 1. The van der Waals surface area contributed by atoms with Gasteiger partial charge < -0.3 is 0 Å². The van der Waals surface area contributed by atoms with Gasteiger partial charge in [-0.25, -0.2) is 8.78 Å². The number of hydrogen-bond donors (Lipinski definition) is 0. The lowest BCUT2D eigenvalue weighted by Crippen LogP contribution is -2.36. The van der Waals surface area contributed by atoms with Gasteiger partial charge in [-0.1, -0.05) is 36.1 Å². The summed E-state index contributed by atoms with van der Waals surface area (Å²) in [5, 5.41) is 6.98. The highest BCUT2D eigenvalue weighted by molar-refractivity contribution is 8.16. The third-order valence-electron chi connectivity index (χ3n) is 4.56. The Morgan fingerprint density at radius 1 is 1.22 bits per heavy atom. The average molecular weight is 330 g/mol. The Hall–Kier alpha value is -1.88. The first-order valence-electron chi connectivity index (χ1n) is 7.64. The van der Waals surface area contributed by atoms with Crippen LogP contribution >= 0.6 is 11.8 Å². The Morgan fingerprint density at radius 2 is 2.04 bits per heavy atom. The Labute approximate surface area is 138 Å². The zero-order chi connectivity index (χ0) is 16.0. The molecule has 1 unspecified atom stereocenters. The number of benzene rings is 1. The van der Waals surface area contributed by atoms with Crippen LogP contribution in [-0.4, -0.2) is 22.0 Å². The number of nitrogens with zero attached hydrogens (tertiary/aromatic N) is 2. The molecule has 0 amide bonds. The van der Waals surface area contributed by atoms with E-state index in [2.05, 4.69) is 29.4 Å². The predicted molar refractivity (Wildman–Crippen MR) is 90.1 cm³/mol. The van der Waals surface area contributed by atoms with E-state index in [0.29, 0.717) is 5.04 Å². The largest absolute Gasteiger partial charge is 0.278 e. The van der Waals surface area contributed by atoms with Crippen LogP contribution in [0.3, 0.4) is 0 Å². The molecule has 1 aromatic rings. The highest BCUT2D eigenvalue weighted by atomic mass is 32.2. The van der Waals surface area contributed by atoms with Crippen LogP contribution in [0.5, 0.6) is 0 Å². The molecule has 0 saturated carbocycles. The van der Waals surface area contributed by atoms with Gasteiger partial charge in [0, 0.05) is 12.6 Å². The molecule has 0 fully saturated rings. The second kappa shape index (κ2) is 5.34. The Balaban J connectivity index is 1.74. The fraction of sp³-hybridized carbons (Fsp3) is 0.278. The summed E-state index contributed by atoms with van der Waals surface area (Å²) in [6, 6.07) is 3.51. The van der Waals surface area contributed by atoms with Crippen molar-refractivity contribution in [3.05, 3.63) is 70.8 Å². The topological polar surface area (TPSA) is 15.6 Å². The summed E-state index contributed by atoms with van der Waals surface area (Å²) >= 11 is 1.53. The summed E-state index contributed by atoms with van der Waals surface area (Å²) in [6.45, 7) is 0. The van der Waals surface area contributed by atoms with Crippen molar-refractivity contribution in [1.29, 1.82) is 0 Å². The van der Waals surface area contributed by atoms with Gasteiger partial charge in [-0.05, 0) is 48.6 Å².